The van der Waals surface area contributed by atoms with Gasteiger partial charge in [0.05, 0.1) is 0 Å². The fourth-order valence-corrected chi connectivity index (χ4v) is 2.67. The molecule has 0 bridgehead atoms. The zero-order chi connectivity index (χ0) is 12.8. The van der Waals surface area contributed by atoms with Gasteiger partial charge in [0.1, 0.15) is 5.82 Å². The number of rotatable bonds is 5. The van der Waals surface area contributed by atoms with E-state index in [1.54, 1.807) is 12.1 Å². The van der Waals surface area contributed by atoms with Gasteiger partial charge in [-0.1, -0.05) is 38.0 Å². The second-order valence-electron chi connectivity index (χ2n) is 4.97. The molecule has 1 fully saturated rings. The lowest BCUT2D eigenvalue weighted by Gasteiger charge is -2.35. The Bertz CT molecular complexity index is 361. The van der Waals surface area contributed by atoms with Crippen molar-refractivity contribution in [3.05, 3.63) is 35.6 Å². The molecule has 2 nitrogen and oxygen atoms in total. The van der Waals surface area contributed by atoms with E-state index in [9.17, 15) is 4.39 Å². The maximum atomic E-state index is 14.0. The molecule has 1 atom stereocenters. The second-order valence-corrected chi connectivity index (χ2v) is 4.97. The Morgan fingerprint density at radius 1 is 1.28 bits per heavy atom. The van der Waals surface area contributed by atoms with E-state index < -0.39 is 0 Å². The van der Waals surface area contributed by atoms with Crippen molar-refractivity contribution < 1.29 is 4.39 Å². The zero-order valence-electron chi connectivity index (χ0n) is 11.2. The van der Waals surface area contributed by atoms with E-state index in [1.807, 2.05) is 12.1 Å². The molecule has 0 spiro atoms. The molecule has 1 saturated heterocycles. The Morgan fingerprint density at radius 2 is 2.00 bits per heavy atom. The second kappa shape index (κ2) is 6.86. The van der Waals surface area contributed by atoms with Gasteiger partial charge in [0, 0.05) is 37.8 Å². The highest BCUT2D eigenvalue weighted by molar-refractivity contribution is 5.21. The van der Waals surface area contributed by atoms with E-state index in [0.29, 0.717) is 0 Å². The fraction of sp³-hybridized carbons (Fsp3) is 0.600. The summed E-state index contributed by atoms with van der Waals surface area (Å²) in [5.41, 5.74) is 0.868. The minimum Gasteiger partial charge on any atom is -0.314 e. The first-order valence-corrected chi connectivity index (χ1v) is 7.02. The van der Waals surface area contributed by atoms with Gasteiger partial charge in [-0.15, -0.1) is 0 Å². The summed E-state index contributed by atoms with van der Waals surface area (Å²) in [5, 5.41) is 3.36. The monoisotopic (exact) mass is 250 g/mol. The number of unbranched alkanes of at least 4 members (excludes halogenated alkanes) is 1. The molecule has 0 unspecified atom stereocenters. The molecule has 1 heterocycles. The molecule has 0 saturated carbocycles. The summed E-state index contributed by atoms with van der Waals surface area (Å²) in [6, 6.07) is 7.48. The van der Waals surface area contributed by atoms with Crippen molar-refractivity contribution in [2.75, 3.05) is 26.2 Å². The Labute approximate surface area is 109 Å². The molecule has 0 aliphatic carbocycles. The molecule has 0 aromatic heterocycles. The van der Waals surface area contributed by atoms with Gasteiger partial charge < -0.3 is 5.32 Å². The van der Waals surface area contributed by atoms with Gasteiger partial charge >= 0.3 is 0 Å². The standard InChI is InChI=1S/C15H23FN2/c1-2-3-8-15(18-11-9-17-10-12-18)13-6-4-5-7-14(13)16/h4-7,15,17H,2-3,8-12H2,1H3/t15-/m0/s1. The highest BCUT2D eigenvalue weighted by Gasteiger charge is 2.23. The summed E-state index contributed by atoms with van der Waals surface area (Å²) in [4.78, 5) is 2.42. The molecule has 0 amide bonds. The van der Waals surface area contributed by atoms with E-state index >= 15 is 0 Å². The minimum atomic E-state index is -0.0582. The third kappa shape index (κ3) is 3.30. The lowest BCUT2D eigenvalue weighted by molar-refractivity contribution is 0.160. The molecule has 3 heteroatoms. The molecule has 2 rings (SSSR count). The van der Waals surface area contributed by atoms with Crippen molar-refractivity contribution in [2.24, 2.45) is 0 Å². The van der Waals surface area contributed by atoms with Crippen molar-refractivity contribution in [1.82, 2.24) is 10.2 Å². The number of hydrogen-bond donors (Lipinski definition) is 1. The Balaban J connectivity index is 2.15. The molecule has 1 aliphatic heterocycles. The van der Waals surface area contributed by atoms with Gasteiger partial charge in [-0.2, -0.15) is 0 Å². The van der Waals surface area contributed by atoms with Crippen molar-refractivity contribution >= 4 is 0 Å². The summed E-state index contributed by atoms with van der Waals surface area (Å²) < 4.78 is 14.0. The fourth-order valence-electron chi connectivity index (χ4n) is 2.67. The van der Waals surface area contributed by atoms with Crippen LogP contribution in [-0.2, 0) is 0 Å². The van der Waals surface area contributed by atoms with Crippen LogP contribution >= 0.6 is 0 Å². The van der Waals surface area contributed by atoms with Crippen LogP contribution in [0, 0.1) is 5.82 Å². The van der Waals surface area contributed by atoms with E-state index in [-0.39, 0.29) is 11.9 Å². The average Bonchev–Trinajstić information content (AvgIpc) is 2.42. The summed E-state index contributed by atoms with van der Waals surface area (Å²) in [5.74, 6) is -0.0582. The SMILES string of the molecule is CCCC[C@@H](c1ccccc1F)N1CCNCC1. The number of nitrogens with one attached hydrogen (secondary N) is 1. The zero-order valence-corrected chi connectivity index (χ0v) is 11.2. The van der Waals surface area contributed by atoms with Crippen LogP contribution in [0.15, 0.2) is 24.3 Å². The minimum absolute atomic E-state index is 0.0582. The highest BCUT2D eigenvalue weighted by atomic mass is 19.1. The van der Waals surface area contributed by atoms with Crippen LogP contribution in [0.1, 0.15) is 37.8 Å². The lowest BCUT2D eigenvalue weighted by Crippen LogP contribution is -2.45. The Kier molecular flexibility index (Phi) is 5.14. The van der Waals surface area contributed by atoms with Gasteiger partial charge in [-0.05, 0) is 12.5 Å². The summed E-state index contributed by atoms with van der Waals surface area (Å²) >= 11 is 0. The topological polar surface area (TPSA) is 15.3 Å². The van der Waals surface area contributed by atoms with Gasteiger partial charge in [-0.3, -0.25) is 4.90 Å². The van der Waals surface area contributed by atoms with Crippen molar-refractivity contribution in [3.63, 3.8) is 0 Å². The number of piperazine rings is 1. The number of hydrogen-bond acceptors (Lipinski definition) is 2. The maximum Gasteiger partial charge on any atom is 0.127 e. The number of halogens is 1. The largest absolute Gasteiger partial charge is 0.314 e. The van der Waals surface area contributed by atoms with Gasteiger partial charge in [0.25, 0.3) is 0 Å². The first kappa shape index (κ1) is 13.5. The Morgan fingerprint density at radius 3 is 2.67 bits per heavy atom. The predicted octanol–water partition coefficient (Wildman–Crippen LogP) is 2.96. The normalized spacial score (nSPS) is 18.8. The molecule has 100 valence electrons. The van der Waals surface area contributed by atoms with Crippen LogP contribution in [0.25, 0.3) is 0 Å². The number of benzene rings is 1. The molecular weight excluding hydrogens is 227 g/mol. The van der Waals surface area contributed by atoms with Crippen LogP contribution in [-0.4, -0.2) is 31.1 Å². The third-order valence-corrected chi connectivity index (χ3v) is 3.69. The van der Waals surface area contributed by atoms with E-state index in [4.69, 9.17) is 0 Å². The molecular formula is C15H23FN2. The van der Waals surface area contributed by atoms with Gasteiger partial charge in [0.15, 0.2) is 0 Å². The van der Waals surface area contributed by atoms with Crippen LogP contribution in [0.4, 0.5) is 4.39 Å². The molecule has 1 aromatic rings. The average molecular weight is 250 g/mol. The highest BCUT2D eigenvalue weighted by Crippen LogP contribution is 2.28. The quantitative estimate of drug-likeness (QED) is 0.864. The first-order valence-electron chi connectivity index (χ1n) is 7.02. The molecule has 1 aliphatic rings. The molecule has 1 N–H and O–H groups in total. The van der Waals surface area contributed by atoms with Crippen LogP contribution in [0.2, 0.25) is 0 Å². The van der Waals surface area contributed by atoms with Gasteiger partial charge in [-0.25, -0.2) is 4.39 Å². The van der Waals surface area contributed by atoms with E-state index in [1.165, 1.54) is 0 Å². The summed E-state index contributed by atoms with van der Waals surface area (Å²) in [7, 11) is 0. The van der Waals surface area contributed by atoms with Crippen LogP contribution in [0.5, 0.6) is 0 Å². The molecule has 1 aromatic carbocycles. The predicted molar refractivity (Wildman–Crippen MR) is 73.1 cm³/mol. The summed E-state index contributed by atoms with van der Waals surface area (Å²) in [6.45, 7) is 6.25. The first-order chi connectivity index (χ1) is 8.83. The third-order valence-electron chi connectivity index (χ3n) is 3.69. The Hall–Kier alpha value is -0.930. The van der Waals surface area contributed by atoms with Crippen molar-refractivity contribution in [1.29, 1.82) is 0 Å². The van der Waals surface area contributed by atoms with Crippen molar-refractivity contribution in [3.8, 4) is 0 Å². The number of nitrogens with zero attached hydrogens (tertiary/aromatic N) is 1. The smallest absolute Gasteiger partial charge is 0.127 e. The van der Waals surface area contributed by atoms with Gasteiger partial charge in [0.2, 0.25) is 0 Å². The summed E-state index contributed by atoms with van der Waals surface area (Å²) in [6.07, 6.45) is 3.37. The van der Waals surface area contributed by atoms with E-state index in [0.717, 1.165) is 51.0 Å². The van der Waals surface area contributed by atoms with Crippen LogP contribution < -0.4 is 5.32 Å². The molecule has 0 radical (unpaired) electrons. The van der Waals surface area contributed by atoms with Crippen molar-refractivity contribution in [2.45, 2.75) is 32.2 Å². The lowest BCUT2D eigenvalue weighted by atomic mass is 9.98. The maximum absolute atomic E-state index is 14.0. The van der Waals surface area contributed by atoms with E-state index in [2.05, 4.69) is 17.1 Å². The molecule has 18 heavy (non-hydrogen) atoms. The van der Waals surface area contributed by atoms with Crippen LogP contribution in [0.3, 0.4) is 0 Å².